The fourth-order valence-corrected chi connectivity index (χ4v) is 2.95. The van der Waals surface area contributed by atoms with Gasteiger partial charge in [-0.05, 0) is 31.2 Å². The minimum atomic E-state index is 0.746. The fraction of sp³-hybridized carbons (Fsp3) is 0.0909. The highest BCUT2D eigenvalue weighted by atomic mass is 16.5. The Hall–Kier alpha value is -3.40. The first-order valence-electron chi connectivity index (χ1n) is 8.48. The zero-order chi connectivity index (χ0) is 17.9. The lowest BCUT2D eigenvalue weighted by Crippen LogP contribution is -1.99. The van der Waals surface area contributed by atoms with Gasteiger partial charge in [-0.25, -0.2) is 0 Å². The van der Waals surface area contributed by atoms with E-state index in [4.69, 9.17) is 4.74 Å². The van der Waals surface area contributed by atoms with Crippen LogP contribution in [-0.2, 0) is 0 Å². The molecule has 1 heterocycles. The Bertz CT molecular complexity index is 1060. The van der Waals surface area contributed by atoms with Crippen molar-refractivity contribution in [3.63, 3.8) is 0 Å². The summed E-state index contributed by atoms with van der Waals surface area (Å²) in [6, 6.07) is 24.3. The highest BCUT2D eigenvalue weighted by Crippen LogP contribution is 2.32. The maximum atomic E-state index is 5.34. The lowest BCUT2D eigenvalue weighted by Gasteiger charge is -2.12. The van der Waals surface area contributed by atoms with E-state index in [0.717, 1.165) is 39.3 Å². The molecule has 3 aromatic carbocycles. The molecule has 0 unspecified atom stereocenters. The average Bonchev–Trinajstić information content (AvgIpc) is 2.70. The summed E-state index contributed by atoms with van der Waals surface area (Å²) >= 11 is 0. The molecular formula is C22H19N3O. The number of aryl methyl sites for hydroxylation is 1. The number of rotatable bonds is 4. The maximum absolute atomic E-state index is 5.34. The second-order valence-electron chi connectivity index (χ2n) is 6.17. The van der Waals surface area contributed by atoms with Crippen LogP contribution in [0, 0.1) is 6.92 Å². The van der Waals surface area contributed by atoms with E-state index >= 15 is 0 Å². The molecule has 4 aromatic rings. The normalized spacial score (nSPS) is 10.7. The van der Waals surface area contributed by atoms with Gasteiger partial charge < -0.3 is 10.1 Å². The Balaban J connectivity index is 1.81. The predicted molar refractivity (Wildman–Crippen MR) is 106 cm³/mol. The molecule has 0 saturated carbocycles. The molecule has 0 amide bonds. The van der Waals surface area contributed by atoms with Crippen molar-refractivity contribution in [2.24, 2.45) is 0 Å². The van der Waals surface area contributed by atoms with E-state index in [-0.39, 0.29) is 0 Å². The van der Waals surface area contributed by atoms with E-state index in [2.05, 4.69) is 46.7 Å². The summed E-state index contributed by atoms with van der Waals surface area (Å²) < 4.78 is 5.34. The summed E-state index contributed by atoms with van der Waals surface area (Å²) in [7, 11) is 1.66. The predicted octanol–water partition coefficient (Wildman–Crippen LogP) is 5.36. The molecule has 0 saturated heterocycles. The van der Waals surface area contributed by atoms with Gasteiger partial charge >= 0.3 is 0 Å². The zero-order valence-electron chi connectivity index (χ0n) is 14.7. The van der Waals surface area contributed by atoms with Crippen LogP contribution in [0.1, 0.15) is 5.56 Å². The SMILES string of the molecule is COc1cccc(-c2nnc(Nc3ccc(C)cc3)c3ccccc23)c1. The first kappa shape index (κ1) is 16.1. The molecule has 1 N–H and O–H groups in total. The van der Waals surface area contributed by atoms with Crippen LogP contribution in [-0.4, -0.2) is 17.3 Å². The molecule has 0 atom stereocenters. The van der Waals surface area contributed by atoms with E-state index in [0.29, 0.717) is 0 Å². The Labute approximate surface area is 152 Å². The molecular weight excluding hydrogens is 322 g/mol. The molecule has 26 heavy (non-hydrogen) atoms. The molecule has 0 bridgehead atoms. The molecule has 0 radical (unpaired) electrons. The second kappa shape index (κ2) is 6.84. The number of anilines is 2. The van der Waals surface area contributed by atoms with Crippen molar-refractivity contribution in [3.05, 3.63) is 78.4 Å². The minimum absolute atomic E-state index is 0.746. The monoisotopic (exact) mass is 341 g/mol. The van der Waals surface area contributed by atoms with Crippen LogP contribution in [0.4, 0.5) is 11.5 Å². The lowest BCUT2D eigenvalue weighted by atomic mass is 10.0. The van der Waals surface area contributed by atoms with Crippen molar-refractivity contribution in [3.8, 4) is 17.0 Å². The van der Waals surface area contributed by atoms with Crippen molar-refractivity contribution in [1.29, 1.82) is 0 Å². The van der Waals surface area contributed by atoms with Gasteiger partial charge in [0.25, 0.3) is 0 Å². The van der Waals surface area contributed by atoms with Crippen molar-refractivity contribution in [1.82, 2.24) is 10.2 Å². The average molecular weight is 341 g/mol. The van der Waals surface area contributed by atoms with E-state index in [1.165, 1.54) is 5.56 Å². The van der Waals surface area contributed by atoms with Crippen LogP contribution >= 0.6 is 0 Å². The summed E-state index contributed by atoms with van der Waals surface area (Å²) in [5.74, 6) is 1.55. The third-order valence-corrected chi connectivity index (χ3v) is 4.34. The molecule has 0 aliphatic heterocycles. The number of hydrogen-bond donors (Lipinski definition) is 1. The van der Waals surface area contributed by atoms with E-state index in [9.17, 15) is 0 Å². The van der Waals surface area contributed by atoms with Gasteiger partial charge in [0.1, 0.15) is 11.4 Å². The van der Waals surface area contributed by atoms with Crippen molar-refractivity contribution in [2.75, 3.05) is 12.4 Å². The molecule has 0 aliphatic rings. The number of fused-ring (bicyclic) bond motifs is 1. The number of nitrogens with zero attached hydrogens (tertiary/aromatic N) is 2. The Kier molecular flexibility index (Phi) is 4.23. The molecule has 4 heteroatoms. The Morgan fingerprint density at radius 3 is 2.35 bits per heavy atom. The smallest absolute Gasteiger partial charge is 0.161 e. The van der Waals surface area contributed by atoms with Crippen LogP contribution in [0.5, 0.6) is 5.75 Å². The van der Waals surface area contributed by atoms with Crippen LogP contribution in [0.25, 0.3) is 22.0 Å². The van der Waals surface area contributed by atoms with E-state index < -0.39 is 0 Å². The molecule has 1 aromatic heterocycles. The number of hydrogen-bond acceptors (Lipinski definition) is 4. The quantitative estimate of drug-likeness (QED) is 0.543. The third kappa shape index (κ3) is 3.09. The molecule has 4 rings (SSSR count). The largest absolute Gasteiger partial charge is 0.497 e. The van der Waals surface area contributed by atoms with Gasteiger partial charge in [0, 0.05) is 22.0 Å². The van der Waals surface area contributed by atoms with Crippen LogP contribution in [0.15, 0.2) is 72.8 Å². The summed E-state index contributed by atoms with van der Waals surface area (Å²) in [6.45, 7) is 2.07. The lowest BCUT2D eigenvalue weighted by molar-refractivity contribution is 0.415. The molecule has 128 valence electrons. The number of nitrogens with one attached hydrogen (secondary N) is 1. The molecule has 0 aliphatic carbocycles. The van der Waals surface area contributed by atoms with Crippen molar-refractivity contribution >= 4 is 22.3 Å². The van der Waals surface area contributed by atoms with Gasteiger partial charge in [-0.3, -0.25) is 0 Å². The fourth-order valence-electron chi connectivity index (χ4n) is 2.95. The van der Waals surface area contributed by atoms with E-state index in [1.807, 2.05) is 48.5 Å². The summed E-state index contributed by atoms with van der Waals surface area (Å²) in [5, 5.41) is 14.4. The van der Waals surface area contributed by atoms with Gasteiger partial charge in [-0.1, -0.05) is 54.1 Å². The van der Waals surface area contributed by atoms with Gasteiger partial charge in [0.05, 0.1) is 7.11 Å². The van der Waals surface area contributed by atoms with Gasteiger partial charge in [0.2, 0.25) is 0 Å². The summed E-state index contributed by atoms with van der Waals surface area (Å²) in [5.41, 5.74) is 4.04. The second-order valence-corrected chi connectivity index (χ2v) is 6.17. The van der Waals surface area contributed by atoms with Crippen molar-refractivity contribution in [2.45, 2.75) is 6.92 Å². The van der Waals surface area contributed by atoms with Crippen LogP contribution in [0.2, 0.25) is 0 Å². The van der Waals surface area contributed by atoms with Gasteiger partial charge in [-0.15, -0.1) is 10.2 Å². The first-order chi connectivity index (χ1) is 12.7. The molecule has 4 nitrogen and oxygen atoms in total. The Morgan fingerprint density at radius 2 is 1.58 bits per heavy atom. The maximum Gasteiger partial charge on any atom is 0.161 e. The number of aromatic nitrogens is 2. The minimum Gasteiger partial charge on any atom is -0.497 e. The molecule has 0 spiro atoms. The standard InChI is InChI=1S/C22H19N3O/c1-15-10-12-17(13-11-15)23-22-20-9-4-3-8-19(20)21(24-25-22)16-6-5-7-18(14-16)26-2/h3-14H,1-2H3,(H,23,25). The summed E-state index contributed by atoms with van der Waals surface area (Å²) in [6.07, 6.45) is 0. The van der Waals surface area contributed by atoms with Crippen molar-refractivity contribution < 1.29 is 4.74 Å². The topological polar surface area (TPSA) is 47.0 Å². The highest BCUT2D eigenvalue weighted by Gasteiger charge is 2.11. The number of benzene rings is 3. The molecule has 0 fully saturated rings. The van der Waals surface area contributed by atoms with Crippen LogP contribution in [0.3, 0.4) is 0 Å². The highest BCUT2D eigenvalue weighted by molar-refractivity contribution is 6.00. The number of methoxy groups -OCH3 is 1. The van der Waals surface area contributed by atoms with Gasteiger partial charge in [-0.2, -0.15) is 0 Å². The summed E-state index contributed by atoms with van der Waals surface area (Å²) in [4.78, 5) is 0. The number of ether oxygens (including phenoxy) is 1. The first-order valence-corrected chi connectivity index (χ1v) is 8.48. The van der Waals surface area contributed by atoms with Gasteiger partial charge in [0.15, 0.2) is 5.82 Å². The van der Waals surface area contributed by atoms with Crippen LogP contribution < -0.4 is 10.1 Å². The zero-order valence-corrected chi connectivity index (χ0v) is 14.7. The van der Waals surface area contributed by atoms with E-state index in [1.54, 1.807) is 7.11 Å². The Morgan fingerprint density at radius 1 is 0.808 bits per heavy atom. The third-order valence-electron chi connectivity index (χ3n) is 4.34.